The van der Waals surface area contributed by atoms with Gasteiger partial charge in [-0.15, -0.1) is 12.4 Å². The predicted molar refractivity (Wildman–Crippen MR) is 104 cm³/mol. The summed E-state index contributed by atoms with van der Waals surface area (Å²) in [6, 6.07) is 7.12. The first kappa shape index (κ1) is 20.3. The van der Waals surface area contributed by atoms with Crippen LogP contribution >= 0.6 is 12.4 Å². The quantitative estimate of drug-likeness (QED) is 0.743. The van der Waals surface area contributed by atoms with Crippen molar-refractivity contribution in [2.75, 3.05) is 19.7 Å². The van der Waals surface area contributed by atoms with E-state index in [2.05, 4.69) is 10.0 Å². The van der Waals surface area contributed by atoms with Crippen LogP contribution in [0, 0.1) is 0 Å². The molecule has 2 aliphatic rings. The highest BCUT2D eigenvalue weighted by Crippen LogP contribution is 2.34. The van der Waals surface area contributed by atoms with Crippen LogP contribution in [-0.4, -0.2) is 39.8 Å². The van der Waals surface area contributed by atoms with Crippen LogP contribution in [0.4, 0.5) is 0 Å². The van der Waals surface area contributed by atoms with Crippen molar-refractivity contribution in [1.82, 2.24) is 10.0 Å². The summed E-state index contributed by atoms with van der Waals surface area (Å²) in [7, 11) is -3.71. The first-order valence-corrected chi connectivity index (χ1v) is 10.4. The first-order valence-electron chi connectivity index (χ1n) is 8.90. The van der Waals surface area contributed by atoms with E-state index in [0.29, 0.717) is 17.6 Å². The molecule has 1 unspecified atom stereocenters. The Morgan fingerprint density at radius 3 is 2.70 bits per heavy atom. The summed E-state index contributed by atoms with van der Waals surface area (Å²) in [6.07, 6.45) is 3.19. The van der Waals surface area contributed by atoms with Crippen molar-refractivity contribution in [2.24, 2.45) is 0 Å². The molecule has 2 N–H and O–H groups in total. The molecule has 2 saturated heterocycles. The second kappa shape index (κ2) is 7.89. The lowest BCUT2D eigenvalue weighted by Crippen LogP contribution is -2.60. The van der Waals surface area contributed by atoms with Crippen LogP contribution in [0.1, 0.15) is 25.7 Å². The lowest BCUT2D eigenvalue weighted by molar-refractivity contribution is -0.112. The Balaban J connectivity index is 0.00000210. The van der Waals surface area contributed by atoms with Crippen molar-refractivity contribution in [1.29, 1.82) is 0 Å². The van der Waals surface area contributed by atoms with Gasteiger partial charge in [-0.3, -0.25) is 0 Å². The van der Waals surface area contributed by atoms with Gasteiger partial charge in [-0.1, -0.05) is 0 Å². The Morgan fingerprint density at radius 2 is 1.93 bits per heavy atom. The molecule has 0 bridgehead atoms. The number of hydrogen-bond donors (Lipinski definition) is 2. The number of benzene rings is 1. The van der Waals surface area contributed by atoms with Crippen molar-refractivity contribution in [3.8, 4) is 0 Å². The van der Waals surface area contributed by atoms with E-state index in [4.69, 9.17) is 9.15 Å². The van der Waals surface area contributed by atoms with Crippen LogP contribution in [0.15, 0.2) is 44.4 Å². The van der Waals surface area contributed by atoms with Crippen LogP contribution in [-0.2, 0) is 14.8 Å². The van der Waals surface area contributed by atoms with Crippen molar-refractivity contribution >= 4 is 33.4 Å². The Bertz CT molecular complexity index is 961. The molecule has 3 heterocycles. The first-order chi connectivity index (χ1) is 12.5. The molecule has 0 amide bonds. The zero-order chi connectivity index (χ0) is 18.2. The standard InChI is InChI=1S/C18H22N2O5S.ClH/c21-17-6-3-13-12-14(4-5-15(13)25-17)26(22,23)20-16-2-1-11-24-18(16)7-9-19-10-8-18;/h3-6,12,16,19-20H,1-2,7-11H2;1H. The van der Waals surface area contributed by atoms with Gasteiger partial charge in [-0.05, 0) is 63.0 Å². The van der Waals surface area contributed by atoms with E-state index in [1.807, 2.05) is 0 Å². The summed E-state index contributed by atoms with van der Waals surface area (Å²) in [5.74, 6) is 0. The fourth-order valence-electron chi connectivity index (χ4n) is 3.91. The average molecular weight is 415 g/mol. The van der Waals surface area contributed by atoms with E-state index in [1.54, 1.807) is 6.07 Å². The summed E-state index contributed by atoms with van der Waals surface area (Å²) in [4.78, 5) is 11.4. The molecule has 0 radical (unpaired) electrons. The summed E-state index contributed by atoms with van der Waals surface area (Å²) in [6.45, 7) is 2.33. The predicted octanol–water partition coefficient (Wildman–Crippen LogP) is 1.79. The monoisotopic (exact) mass is 414 g/mol. The fraction of sp³-hybridized carbons (Fsp3) is 0.500. The molecule has 1 aromatic heterocycles. The molecule has 27 heavy (non-hydrogen) atoms. The van der Waals surface area contributed by atoms with E-state index in [1.165, 1.54) is 24.3 Å². The van der Waals surface area contributed by atoms with Gasteiger partial charge in [-0.25, -0.2) is 17.9 Å². The molecule has 1 spiro atoms. The highest BCUT2D eigenvalue weighted by atomic mass is 35.5. The van der Waals surface area contributed by atoms with Gasteiger partial charge in [-0.2, -0.15) is 0 Å². The Labute approximate surface area is 163 Å². The van der Waals surface area contributed by atoms with Gasteiger partial charge in [0, 0.05) is 18.1 Å². The van der Waals surface area contributed by atoms with Gasteiger partial charge in [0.2, 0.25) is 10.0 Å². The highest BCUT2D eigenvalue weighted by molar-refractivity contribution is 7.89. The second-order valence-electron chi connectivity index (χ2n) is 6.93. The smallest absolute Gasteiger partial charge is 0.336 e. The van der Waals surface area contributed by atoms with Gasteiger partial charge in [0.25, 0.3) is 0 Å². The number of hydrogen-bond acceptors (Lipinski definition) is 6. The Hall–Kier alpha value is -1.45. The maximum Gasteiger partial charge on any atom is 0.336 e. The second-order valence-corrected chi connectivity index (χ2v) is 8.65. The largest absolute Gasteiger partial charge is 0.423 e. The molecule has 1 atom stereocenters. The zero-order valence-corrected chi connectivity index (χ0v) is 16.4. The fourth-order valence-corrected chi connectivity index (χ4v) is 5.28. The van der Waals surface area contributed by atoms with Crippen LogP contribution < -0.4 is 15.7 Å². The van der Waals surface area contributed by atoms with Gasteiger partial charge < -0.3 is 14.5 Å². The average Bonchev–Trinajstić information content (AvgIpc) is 2.64. The molecule has 4 rings (SSSR count). The summed E-state index contributed by atoms with van der Waals surface area (Å²) >= 11 is 0. The molecular formula is C18H23ClN2O5S. The van der Waals surface area contributed by atoms with Crippen molar-refractivity contribution < 1.29 is 17.6 Å². The minimum Gasteiger partial charge on any atom is -0.423 e. The maximum atomic E-state index is 13.0. The molecule has 7 nitrogen and oxygen atoms in total. The van der Waals surface area contributed by atoms with E-state index >= 15 is 0 Å². The number of nitrogens with one attached hydrogen (secondary N) is 2. The van der Waals surface area contributed by atoms with E-state index in [0.717, 1.165) is 38.8 Å². The van der Waals surface area contributed by atoms with Crippen molar-refractivity contribution in [2.45, 2.75) is 42.2 Å². The summed E-state index contributed by atoms with van der Waals surface area (Å²) in [5, 5.41) is 3.88. The van der Waals surface area contributed by atoms with E-state index in [-0.39, 0.29) is 23.3 Å². The molecule has 2 aromatic rings. The number of rotatable bonds is 3. The van der Waals surface area contributed by atoms with Crippen LogP contribution in [0.5, 0.6) is 0 Å². The Kier molecular flexibility index (Phi) is 5.93. The number of fused-ring (bicyclic) bond motifs is 1. The number of halogens is 1. The molecule has 0 saturated carbocycles. The molecule has 0 aliphatic carbocycles. The Morgan fingerprint density at radius 1 is 1.15 bits per heavy atom. The minimum absolute atomic E-state index is 0. The molecular weight excluding hydrogens is 392 g/mol. The summed E-state index contributed by atoms with van der Waals surface area (Å²) < 4.78 is 39.9. The molecule has 2 fully saturated rings. The third-order valence-corrected chi connectivity index (χ3v) is 6.78. The maximum absolute atomic E-state index is 13.0. The zero-order valence-electron chi connectivity index (χ0n) is 14.8. The molecule has 1 aromatic carbocycles. The highest BCUT2D eigenvalue weighted by Gasteiger charge is 2.44. The third-order valence-electron chi connectivity index (χ3n) is 5.31. The van der Waals surface area contributed by atoms with Crippen LogP contribution in [0.3, 0.4) is 0 Å². The van der Waals surface area contributed by atoms with Gasteiger partial charge in [0.1, 0.15) is 5.58 Å². The van der Waals surface area contributed by atoms with Gasteiger partial charge >= 0.3 is 5.63 Å². The van der Waals surface area contributed by atoms with Crippen LogP contribution in [0.2, 0.25) is 0 Å². The lowest BCUT2D eigenvalue weighted by Gasteiger charge is -2.46. The summed E-state index contributed by atoms with van der Waals surface area (Å²) in [5.41, 5.74) is -0.522. The SMILES string of the molecule is Cl.O=c1ccc2cc(S(=O)(=O)NC3CCCOC34CCNCC4)ccc2o1. The molecule has 148 valence electrons. The number of piperidine rings is 1. The van der Waals surface area contributed by atoms with Gasteiger partial charge in [0.05, 0.1) is 16.5 Å². The van der Waals surface area contributed by atoms with Gasteiger partial charge in [0.15, 0.2) is 0 Å². The normalized spacial score (nSPS) is 22.4. The third kappa shape index (κ3) is 4.05. The number of ether oxygens (including phenoxy) is 1. The topological polar surface area (TPSA) is 97.6 Å². The van der Waals surface area contributed by atoms with Crippen LogP contribution in [0.25, 0.3) is 11.0 Å². The van der Waals surface area contributed by atoms with E-state index < -0.39 is 21.2 Å². The minimum atomic E-state index is -3.71. The molecule has 2 aliphatic heterocycles. The lowest BCUT2D eigenvalue weighted by atomic mass is 9.81. The van der Waals surface area contributed by atoms with E-state index in [9.17, 15) is 13.2 Å². The van der Waals surface area contributed by atoms with Crippen molar-refractivity contribution in [3.05, 3.63) is 40.8 Å². The molecule has 9 heteroatoms. The van der Waals surface area contributed by atoms with Crippen molar-refractivity contribution in [3.63, 3.8) is 0 Å². The number of sulfonamides is 1.